The molecule has 160 valence electrons. The lowest BCUT2D eigenvalue weighted by molar-refractivity contribution is -0.136. The van der Waals surface area contributed by atoms with Crippen molar-refractivity contribution in [3.05, 3.63) is 23.8 Å². The van der Waals surface area contributed by atoms with Crippen molar-refractivity contribution in [2.45, 2.75) is 88.9 Å². The summed E-state index contributed by atoms with van der Waals surface area (Å²) in [6, 6.07) is 7.80. The maximum atomic E-state index is 13.4. The molecule has 6 heteroatoms. The van der Waals surface area contributed by atoms with Crippen LogP contribution in [0.1, 0.15) is 69.8 Å². The molecule has 0 spiro atoms. The van der Waals surface area contributed by atoms with Crippen LogP contribution in [0.3, 0.4) is 0 Å². The number of benzene rings is 1. The molecule has 29 heavy (non-hydrogen) atoms. The molecular weight excluding hydrogens is 388 g/mol. The molecule has 3 aliphatic heterocycles. The molecule has 2 atom stereocenters. The number of amides is 1. The van der Waals surface area contributed by atoms with Gasteiger partial charge in [-0.05, 0) is 62.1 Å². The lowest BCUT2D eigenvalue weighted by Gasteiger charge is -2.36. The predicted molar refractivity (Wildman–Crippen MR) is 115 cm³/mol. The van der Waals surface area contributed by atoms with Gasteiger partial charge in [-0.2, -0.15) is 0 Å². The van der Waals surface area contributed by atoms with Crippen LogP contribution in [0.25, 0.3) is 0 Å². The molecule has 2 unspecified atom stereocenters. The number of rotatable bonds is 5. The molecule has 1 N–H and O–H groups in total. The summed E-state index contributed by atoms with van der Waals surface area (Å²) in [4.78, 5) is 15.6. The van der Waals surface area contributed by atoms with Gasteiger partial charge in [0.1, 0.15) is 0 Å². The van der Waals surface area contributed by atoms with Crippen molar-refractivity contribution in [2.24, 2.45) is 5.92 Å². The molecule has 3 fully saturated rings. The highest BCUT2D eigenvalue weighted by atomic mass is 35.5. The minimum atomic E-state index is 0. The minimum Gasteiger partial charge on any atom is -0.454 e. The monoisotopic (exact) mass is 420 g/mol. The van der Waals surface area contributed by atoms with Gasteiger partial charge in [-0.25, -0.2) is 0 Å². The first-order valence-electron chi connectivity index (χ1n) is 11.2. The molecule has 5 nitrogen and oxygen atoms in total. The normalized spacial score (nSPS) is 28.1. The summed E-state index contributed by atoms with van der Waals surface area (Å²) < 4.78 is 11.0. The Labute approximate surface area is 179 Å². The van der Waals surface area contributed by atoms with Gasteiger partial charge in [0.25, 0.3) is 0 Å². The van der Waals surface area contributed by atoms with E-state index in [-0.39, 0.29) is 12.4 Å². The van der Waals surface area contributed by atoms with Gasteiger partial charge in [-0.15, -0.1) is 12.4 Å². The van der Waals surface area contributed by atoms with Gasteiger partial charge in [0.2, 0.25) is 12.7 Å². The summed E-state index contributed by atoms with van der Waals surface area (Å²) in [7, 11) is 0. The summed E-state index contributed by atoms with van der Waals surface area (Å²) in [6.07, 6.45) is 11.7. The van der Waals surface area contributed by atoms with Crippen LogP contribution in [0.5, 0.6) is 11.5 Å². The first kappa shape index (κ1) is 20.8. The summed E-state index contributed by atoms with van der Waals surface area (Å²) in [5.41, 5.74) is 1.15. The zero-order valence-electron chi connectivity index (χ0n) is 17.1. The Morgan fingerprint density at radius 1 is 1.00 bits per heavy atom. The maximum absolute atomic E-state index is 13.4. The molecule has 2 bridgehead atoms. The van der Waals surface area contributed by atoms with Gasteiger partial charge in [-0.1, -0.05) is 25.3 Å². The third kappa shape index (κ3) is 4.66. The molecule has 1 aromatic rings. The summed E-state index contributed by atoms with van der Waals surface area (Å²) >= 11 is 0. The Bertz CT molecular complexity index is 710. The first-order chi connectivity index (χ1) is 13.7. The van der Waals surface area contributed by atoms with Gasteiger partial charge in [0.05, 0.1) is 0 Å². The van der Waals surface area contributed by atoms with E-state index >= 15 is 0 Å². The second-order valence-electron chi connectivity index (χ2n) is 9.18. The van der Waals surface area contributed by atoms with E-state index in [4.69, 9.17) is 9.47 Å². The van der Waals surface area contributed by atoms with Crippen molar-refractivity contribution in [1.82, 2.24) is 10.2 Å². The highest BCUT2D eigenvalue weighted by Gasteiger charge is 2.36. The van der Waals surface area contributed by atoms with E-state index in [1.807, 2.05) is 6.07 Å². The fourth-order valence-electron chi connectivity index (χ4n) is 5.76. The average Bonchev–Trinajstić information content (AvgIpc) is 3.32. The zero-order valence-corrected chi connectivity index (χ0v) is 17.9. The van der Waals surface area contributed by atoms with Crippen LogP contribution in [0.2, 0.25) is 0 Å². The van der Waals surface area contributed by atoms with Crippen molar-refractivity contribution in [3.8, 4) is 11.5 Å². The number of hydrogen-bond acceptors (Lipinski definition) is 4. The van der Waals surface area contributed by atoms with Crippen molar-refractivity contribution in [2.75, 3.05) is 6.79 Å². The Morgan fingerprint density at radius 3 is 2.48 bits per heavy atom. The molecule has 3 heterocycles. The Balaban J connectivity index is 0.00000205. The van der Waals surface area contributed by atoms with Crippen molar-refractivity contribution in [3.63, 3.8) is 0 Å². The number of nitrogens with one attached hydrogen (secondary N) is 1. The van der Waals surface area contributed by atoms with Crippen LogP contribution in [0.4, 0.5) is 0 Å². The van der Waals surface area contributed by atoms with E-state index in [1.165, 1.54) is 44.9 Å². The SMILES string of the molecule is Cl.O=C(CC1CC2CCC(C1)N2)N(Cc1ccc2c(c1)OCO2)C1CCCCC1. The largest absolute Gasteiger partial charge is 0.454 e. The van der Waals surface area contributed by atoms with Crippen molar-refractivity contribution < 1.29 is 14.3 Å². The van der Waals surface area contributed by atoms with Crippen LogP contribution in [0, 0.1) is 5.92 Å². The standard InChI is InChI=1S/C23H32N2O3.ClH/c26-23(13-17-10-18-7-8-19(11-17)24-18)25(20-4-2-1-3-5-20)14-16-6-9-21-22(12-16)28-15-27-21;/h6,9,12,17-20,24H,1-5,7-8,10-11,13-15H2;1H. The summed E-state index contributed by atoms with van der Waals surface area (Å²) in [5, 5.41) is 3.70. The maximum Gasteiger partial charge on any atom is 0.231 e. The highest BCUT2D eigenvalue weighted by Crippen LogP contribution is 2.36. The smallest absolute Gasteiger partial charge is 0.231 e. The van der Waals surface area contributed by atoms with Gasteiger partial charge >= 0.3 is 0 Å². The number of fused-ring (bicyclic) bond motifs is 3. The molecule has 0 aromatic heterocycles. The zero-order chi connectivity index (χ0) is 18.9. The second-order valence-corrected chi connectivity index (χ2v) is 9.18. The third-order valence-corrected chi connectivity index (χ3v) is 7.16. The Kier molecular flexibility index (Phi) is 6.55. The lowest BCUT2D eigenvalue weighted by atomic mass is 9.88. The number of carbonyl (C=O) groups excluding carboxylic acids is 1. The molecular formula is C23H33ClN2O3. The number of hydrogen-bond donors (Lipinski definition) is 1. The Morgan fingerprint density at radius 2 is 1.72 bits per heavy atom. The lowest BCUT2D eigenvalue weighted by Crippen LogP contribution is -2.44. The molecule has 4 aliphatic rings. The van der Waals surface area contributed by atoms with E-state index < -0.39 is 0 Å². The van der Waals surface area contributed by atoms with Crippen molar-refractivity contribution >= 4 is 18.3 Å². The van der Waals surface area contributed by atoms with Crippen LogP contribution in [-0.2, 0) is 11.3 Å². The van der Waals surface area contributed by atoms with E-state index in [0.717, 1.165) is 36.3 Å². The fraction of sp³-hybridized carbons (Fsp3) is 0.696. The third-order valence-electron chi connectivity index (χ3n) is 7.16. The fourth-order valence-corrected chi connectivity index (χ4v) is 5.76. The summed E-state index contributed by atoms with van der Waals surface area (Å²) in [6.45, 7) is 0.986. The average molecular weight is 421 g/mol. The van der Waals surface area contributed by atoms with Crippen LogP contribution in [-0.4, -0.2) is 35.7 Å². The van der Waals surface area contributed by atoms with Gasteiger partial charge in [0, 0.05) is 31.1 Å². The van der Waals surface area contributed by atoms with Crippen LogP contribution < -0.4 is 14.8 Å². The number of nitrogens with zero attached hydrogens (tertiary/aromatic N) is 1. The van der Waals surface area contributed by atoms with E-state index in [0.29, 0.717) is 43.3 Å². The highest BCUT2D eigenvalue weighted by molar-refractivity contribution is 5.85. The first-order valence-corrected chi connectivity index (χ1v) is 11.2. The van der Waals surface area contributed by atoms with E-state index in [1.54, 1.807) is 0 Å². The number of piperidine rings is 1. The second kappa shape index (κ2) is 9.13. The molecule has 1 aliphatic carbocycles. The van der Waals surface area contributed by atoms with Gasteiger partial charge in [0.15, 0.2) is 11.5 Å². The number of halogens is 1. The van der Waals surface area contributed by atoms with Crippen LogP contribution in [0.15, 0.2) is 18.2 Å². The molecule has 1 aromatic carbocycles. The molecule has 1 amide bonds. The summed E-state index contributed by atoms with van der Waals surface area (Å²) in [5.74, 6) is 2.53. The molecule has 0 radical (unpaired) electrons. The van der Waals surface area contributed by atoms with E-state index in [9.17, 15) is 4.79 Å². The van der Waals surface area contributed by atoms with Crippen LogP contribution >= 0.6 is 12.4 Å². The van der Waals surface area contributed by atoms with Gasteiger partial charge in [-0.3, -0.25) is 4.79 Å². The topological polar surface area (TPSA) is 50.8 Å². The quantitative estimate of drug-likeness (QED) is 0.766. The number of carbonyl (C=O) groups is 1. The van der Waals surface area contributed by atoms with Gasteiger partial charge < -0.3 is 19.7 Å². The molecule has 2 saturated heterocycles. The predicted octanol–water partition coefficient (Wildman–Crippen LogP) is 4.42. The van der Waals surface area contributed by atoms with E-state index in [2.05, 4.69) is 22.3 Å². The van der Waals surface area contributed by atoms with Crippen molar-refractivity contribution in [1.29, 1.82) is 0 Å². The number of ether oxygens (including phenoxy) is 2. The minimum absolute atomic E-state index is 0. The molecule has 5 rings (SSSR count). The Hall–Kier alpha value is -1.46. The molecule has 1 saturated carbocycles.